The Morgan fingerprint density at radius 1 is 0.314 bits per heavy atom. The zero-order valence-corrected chi connectivity index (χ0v) is 57.4. The van der Waals surface area contributed by atoms with Gasteiger partial charge >= 0.3 is 39.5 Å². The van der Waals surface area contributed by atoms with Crippen molar-refractivity contribution in [2.24, 2.45) is 11.8 Å². The van der Waals surface area contributed by atoms with Gasteiger partial charge in [0.25, 0.3) is 0 Å². The fourth-order valence-electron chi connectivity index (χ4n) is 10.1. The summed E-state index contributed by atoms with van der Waals surface area (Å²) in [5, 5.41) is 10.5. The first kappa shape index (κ1) is 84.1. The Kier molecular flexibility index (Phi) is 58.0. The lowest BCUT2D eigenvalue weighted by Gasteiger charge is -2.21. The predicted molar refractivity (Wildman–Crippen MR) is 345 cm³/mol. The smallest absolute Gasteiger partial charge is 0.462 e. The number of hydrogen-bond donors (Lipinski definition) is 3. The summed E-state index contributed by atoms with van der Waals surface area (Å²) >= 11 is 0. The quantitative estimate of drug-likeness (QED) is 0.0222. The molecule has 3 N–H and O–H groups in total. The SMILES string of the molecule is CCCCCCCCCCCCCCCCCCCC(=O)O[C@H](COC(=O)CCCCCCCCCCCCCC(C)C)COP(=O)(O)OC[C@@H](O)COP(=O)(O)OC[C@@H](COC(=O)CCCCCCC)OC(=O)CCCCCCCCCC(C)C. The van der Waals surface area contributed by atoms with Gasteiger partial charge in [0.1, 0.15) is 19.3 Å². The van der Waals surface area contributed by atoms with Crippen molar-refractivity contribution < 1.29 is 80.2 Å². The number of carbonyl (C=O) groups is 4. The molecule has 0 aromatic heterocycles. The van der Waals surface area contributed by atoms with Gasteiger partial charge in [-0.05, 0) is 37.5 Å². The van der Waals surface area contributed by atoms with E-state index in [0.717, 1.165) is 102 Å². The lowest BCUT2D eigenvalue weighted by Crippen LogP contribution is -2.30. The molecule has 0 bridgehead atoms. The Hall–Kier alpha value is -1.94. The van der Waals surface area contributed by atoms with E-state index < -0.39 is 97.5 Å². The number of esters is 4. The van der Waals surface area contributed by atoms with Crippen LogP contribution in [0, 0.1) is 11.8 Å². The number of ether oxygens (including phenoxy) is 4. The molecule has 0 aromatic rings. The second-order valence-electron chi connectivity index (χ2n) is 25.2. The van der Waals surface area contributed by atoms with Gasteiger partial charge in [-0.1, -0.05) is 286 Å². The van der Waals surface area contributed by atoms with Gasteiger partial charge in [0.05, 0.1) is 26.4 Å². The molecule has 0 aromatic carbocycles. The number of carbonyl (C=O) groups excluding carboxylic acids is 4. The Morgan fingerprint density at radius 2 is 0.535 bits per heavy atom. The monoisotopic (exact) mass is 1270 g/mol. The highest BCUT2D eigenvalue weighted by Crippen LogP contribution is 2.45. The summed E-state index contributed by atoms with van der Waals surface area (Å²) in [6, 6.07) is 0. The molecule has 5 atom stereocenters. The summed E-state index contributed by atoms with van der Waals surface area (Å²) < 4.78 is 67.9. The zero-order valence-electron chi connectivity index (χ0n) is 55.6. The number of hydrogen-bond acceptors (Lipinski definition) is 15. The molecule has 0 amide bonds. The minimum absolute atomic E-state index is 0.102. The van der Waals surface area contributed by atoms with Crippen LogP contribution >= 0.6 is 15.6 Å². The summed E-state index contributed by atoms with van der Waals surface area (Å²) in [7, 11) is -9.88. The van der Waals surface area contributed by atoms with Gasteiger partial charge in [-0.2, -0.15) is 0 Å². The van der Waals surface area contributed by atoms with Crippen molar-refractivity contribution >= 4 is 39.5 Å². The maximum absolute atomic E-state index is 13.0. The topological polar surface area (TPSA) is 237 Å². The van der Waals surface area contributed by atoms with Gasteiger partial charge in [-0.15, -0.1) is 0 Å². The van der Waals surface area contributed by atoms with Crippen LogP contribution in [-0.4, -0.2) is 96.7 Å². The van der Waals surface area contributed by atoms with Crippen LogP contribution in [0.2, 0.25) is 0 Å². The van der Waals surface area contributed by atoms with Crippen LogP contribution in [0.25, 0.3) is 0 Å². The second-order valence-corrected chi connectivity index (χ2v) is 28.1. The molecule has 510 valence electrons. The third-order valence-corrected chi connectivity index (χ3v) is 17.4. The molecule has 0 fully saturated rings. The minimum Gasteiger partial charge on any atom is -0.462 e. The zero-order chi connectivity index (χ0) is 63.6. The third kappa shape index (κ3) is 60.9. The second kappa shape index (κ2) is 59.4. The van der Waals surface area contributed by atoms with E-state index in [-0.39, 0.29) is 25.7 Å². The van der Waals surface area contributed by atoms with E-state index in [9.17, 15) is 43.2 Å². The molecule has 0 heterocycles. The highest BCUT2D eigenvalue weighted by Gasteiger charge is 2.30. The van der Waals surface area contributed by atoms with Gasteiger partial charge in [0.15, 0.2) is 12.2 Å². The highest BCUT2D eigenvalue weighted by atomic mass is 31.2. The normalized spacial score (nSPS) is 14.2. The molecule has 0 rings (SSSR count). The van der Waals surface area contributed by atoms with Crippen molar-refractivity contribution in [1.82, 2.24) is 0 Å². The molecule has 17 nitrogen and oxygen atoms in total. The van der Waals surface area contributed by atoms with Crippen molar-refractivity contribution in [2.45, 2.75) is 355 Å². The van der Waals surface area contributed by atoms with Gasteiger partial charge in [0, 0.05) is 25.7 Å². The lowest BCUT2D eigenvalue weighted by atomic mass is 10.0. The van der Waals surface area contributed by atoms with E-state index in [2.05, 4.69) is 41.5 Å². The van der Waals surface area contributed by atoms with Crippen molar-refractivity contribution in [3.8, 4) is 0 Å². The van der Waals surface area contributed by atoms with Gasteiger partial charge in [0.2, 0.25) is 0 Å². The molecular formula is C67H130O17P2. The van der Waals surface area contributed by atoms with Gasteiger partial charge in [-0.3, -0.25) is 37.3 Å². The first-order valence-electron chi connectivity index (χ1n) is 35.0. The first-order chi connectivity index (χ1) is 41.4. The highest BCUT2D eigenvalue weighted by molar-refractivity contribution is 7.47. The maximum Gasteiger partial charge on any atom is 0.472 e. The van der Waals surface area contributed by atoms with Crippen LogP contribution in [0.1, 0.15) is 337 Å². The van der Waals surface area contributed by atoms with E-state index in [1.54, 1.807) is 0 Å². The summed E-state index contributed by atoms with van der Waals surface area (Å²) in [4.78, 5) is 72.1. The molecule has 0 radical (unpaired) electrons. The van der Waals surface area contributed by atoms with Crippen LogP contribution in [0.3, 0.4) is 0 Å². The molecule has 2 unspecified atom stereocenters. The molecule has 0 saturated heterocycles. The summed E-state index contributed by atoms with van der Waals surface area (Å²) in [5.41, 5.74) is 0. The molecule has 86 heavy (non-hydrogen) atoms. The van der Waals surface area contributed by atoms with Crippen LogP contribution in [0.4, 0.5) is 0 Å². The summed E-state index contributed by atoms with van der Waals surface area (Å²) in [5.74, 6) is -0.674. The fraction of sp³-hybridized carbons (Fsp3) is 0.940. The number of aliphatic hydroxyl groups is 1. The van der Waals surface area contributed by atoms with Gasteiger partial charge in [-0.25, -0.2) is 9.13 Å². The average molecular weight is 1270 g/mol. The molecular weight excluding hydrogens is 1140 g/mol. The maximum atomic E-state index is 13.0. The summed E-state index contributed by atoms with van der Waals surface area (Å²) in [6.45, 7) is 9.38. The fourth-order valence-corrected chi connectivity index (χ4v) is 11.6. The van der Waals surface area contributed by atoms with Crippen LogP contribution in [-0.2, 0) is 65.4 Å². The van der Waals surface area contributed by atoms with Crippen molar-refractivity contribution in [2.75, 3.05) is 39.6 Å². The molecule has 0 aliphatic heterocycles. The Balaban J connectivity index is 5.16. The lowest BCUT2D eigenvalue weighted by molar-refractivity contribution is -0.161. The van der Waals surface area contributed by atoms with E-state index in [1.807, 2.05) is 0 Å². The van der Waals surface area contributed by atoms with Crippen LogP contribution in [0.5, 0.6) is 0 Å². The molecule has 0 aliphatic carbocycles. The number of rotatable bonds is 66. The van der Waals surface area contributed by atoms with E-state index in [4.69, 9.17) is 37.0 Å². The van der Waals surface area contributed by atoms with Crippen LogP contribution < -0.4 is 0 Å². The largest absolute Gasteiger partial charge is 0.472 e. The van der Waals surface area contributed by atoms with Crippen molar-refractivity contribution in [1.29, 1.82) is 0 Å². The van der Waals surface area contributed by atoms with Crippen molar-refractivity contribution in [3.05, 3.63) is 0 Å². The number of unbranched alkanes of at least 4 members (excludes halogenated alkanes) is 36. The van der Waals surface area contributed by atoms with Gasteiger partial charge < -0.3 is 33.8 Å². The number of phosphoric acid groups is 2. The molecule has 0 aliphatic rings. The van der Waals surface area contributed by atoms with Crippen LogP contribution in [0.15, 0.2) is 0 Å². The third-order valence-electron chi connectivity index (χ3n) is 15.5. The van der Waals surface area contributed by atoms with E-state index in [0.29, 0.717) is 31.6 Å². The van der Waals surface area contributed by atoms with E-state index >= 15 is 0 Å². The predicted octanol–water partition coefficient (Wildman–Crippen LogP) is 18.8. The first-order valence-corrected chi connectivity index (χ1v) is 38.0. The number of aliphatic hydroxyl groups excluding tert-OH is 1. The number of phosphoric ester groups is 2. The molecule has 0 saturated carbocycles. The molecule has 19 heteroatoms. The molecule has 0 spiro atoms. The standard InChI is InChI=1S/C67H130O17P2/c1-7-9-11-13-14-15-16-17-18-19-20-21-24-28-33-39-45-51-66(71)84-63(56-78-65(70)50-44-38-32-27-25-22-23-26-30-36-41-47-59(3)4)58-82-86(75,76)80-54-61(68)53-79-85(73,74)81-57-62(55-77-64(69)49-43-35-12-10-8-2)83-67(72)52-46-40-34-29-31-37-42-48-60(5)6/h59-63,68H,7-58H2,1-6H3,(H,73,74)(H,75,76)/t61-,62+,63+/m0/s1. The Bertz CT molecular complexity index is 1680. The Labute approximate surface area is 524 Å². The minimum atomic E-state index is -4.95. The Morgan fingerprint density at radius 3 is 0.791 bits per heavy atom. The van der Waals surface area contributed by atoms with E-state index in [1.165, 1.54) is 148 Å². The van der Waals surface area contributed by atoms with Crippen molar-refractivity contribution in [3.63, 3.8) is 0 Å². The average Bonchev–Trinajstić information content (AvgIpc) is 3.67. The summed E-state index contributed by atoms with van der Waals surface area (Å²) in [6.07, 6.45) is 43.6.